The molecule has 0 aliphatic rings. The molecule has 2 aromatic rings. The molecule has 0 saturated heterocycles. The Bertz CT molecular complexity index is 1070. The predicted octanol–water partition coefficient (Wildman–Crippen LogP) is -1.26. The van der Waals surface area contributed by atoms with E-state index in [2.05, 4.69) is 20.9 Å². The monoisotopic (exact) mass is 474 g/mol. The van der Waals surface area contributed by atoms with Crippen LogP contribution < -0.4 is 27.4 Å². The highest BCUT2D eigenvalue weighted by Gasteiger charge is 2.29. The number of carboxylic acid groups (broad SMARTS) is 1. The molecule has 4 amide bonds. The second-order valence-corrected chi connectivity index (χ2v) is 8.25. The first-order valence-corrected chi connectivity index (χ1v) is 10.7. The van der Waals surface area contributed by atoms with E-state index in [0.717, 1.165) is 16.5 Å². The van der Waals surface area contributed by atoms with E-state index < -0.39 is 66.6 Å². The summed E-state index contributed by atoms with van der Waals surface area (Å²) in [6.07, 6.45) is 1.45. The van der Waals surface area contributed by atoms with Gasteiger partial charge in [-0.1, -0.05) is 32.0 Å². The molecule has 2 rings (SSSR count). The smallest absolute Gasteiger partial charge is 0.326 e. The number of hydrogen-bond donors (Lipinski definition) is 7. The highest BCUT2D eigenvalue weighted by Crippen LogP contribution is 2.18. The van der Waals surface area contributed by atoms with Crippen molar-refractivity contribution < 1.29 is 29.1 Å². The predicted molar refractivity (Wildman–Crippen MR) is 123 cm³/mol. The lowest BCUT2D eigenvalue weighted by atomic mass is 10.0. The highest BCUT2D eigenvalue weighted by atomic mass is 16.4. The van der Waals surface area contributed by atoms with E-state index in [1.54, 1.807) is 20.0 Å². The summed E-state index contributed by atoms with van der Waals surface area (Å²) in [6, 6.07) is 3.99. The number of carboxylic acids is 1. The number of benzene rings is 1. The van der Waals surface area contributed by atoms with Crippen molar-refractivity contribution in [3.8, 4) is 0 Å². The minimum atomic E-state index is -1.40. The number of aromatic amines is 1. The maximum absolute atomic E-state index is 12.5. The Labute approximate surface area is 195 Å². The number of fused-ring (bicyclic) bond motifs is 1. The summed E-state index contributed by atoms with van der Waals surface area (Å²) in [4.78, 5) is 62.9. The van der Waals surface area contributed by atoms with Gasteiger partial charge in [-0.05, 0) is 24.0 Å². The molecule has 12 heteroatoms. The molecule has 1 aromatic carbocycles. The number of H-pyrrole nitrogens is 1. The van der Waals surface area contributed by atoms with Crippen LogP contribution in [0.4, 0.5) is 0 Å². The number of carbonyl (C=O) groups excluding carboxylic acids is 4. The molecule has 0 fully saturated rings. The van der Waals surface area contributed by atoms with E-state index in [9.17, 15) is 29.1 Å². The van der Waals surface area contributed by atoms with E-state index in [1.807, 2.05) is 24.3 Å². The normalized spacial score (nSPS) is 13.6. The third-order valence-electron chi connectivity index (χ3n) is 5.16. The summed E-state index contributed by atoms with van der Waals surface area (Å²) in [5.74, 6) is -4.81. The Morgan fingerprint density at radius 2 is 1.74 bits per heavy atom. The molecule has 12 nitrogen and oxygen atoms in total. The molecule has 3 atom stereocenters. The lowest BCUT2D eigenvalue weighted by molar-refractivity contribution is -0.143. The Morgan fingerprint density at radius 3 is 2.35 bits per heavy atom. The second-order valence-electron chi connectivity index (χ2n) is 8.25. The van der Waals surface area contributed by atoms with Crippen LogP contribution in [0.25, 0.3) is 10.9 Å². The van der Waals surface area contributed by atoms with Crippen LogP contribution >= 0.6 is 0 Å². The molecule has 0 bridgehead atoms. The van der Waals surface area contributed by atoms with Crippen LogP contribution in [0, 0.1) is 5.92 Å². The number of carbonyl (C=O) groups is 5. The Morgan fingerprint density at radius 1 is 1.06 bits per heavy atom. The van der Waals surface area contributed by atoms with Crippen LogP contribution in [0.3, 0.4) is 0 Å². The summed E-state index contributed by atoms with van der Waals surface area (Å²) < 4.78 is 0. The third kappa shape index (κ3) is 7.30. The molecule has 0 saturated carbocycles. The van der Waals surface area contributed by atoms with Crippen molar-refractivity contribution in [2.75, 3.05) is 6.54 Å². The number of primary amides is 1. The highest BCUT2D eigenvalue weighted by molar-refractivity contribution is 5.95. The number of nitrogens with one attached hydrogen (secondary N) is 4. The molecule has 9 N–H and O–H groups in total. The van der Waals surface area contributed by atoms with E-state index in [-0.39, 0.29) is 6.42 Å². The van der Waals surface area contributed by atoms with E-state index in [1.165, 1.54) is 0 Å². The largest absolute Gasteiger partial charge is 0.480 e. The molecular formula is C22H30N6O6. The summed E-state index contributed by atoms with van der Waals surface area (Å²) >= 11 is 0. The van der Waals surface area contributed by atoms with Gasteiger partial charge in [0.25, 0.3) is 0 Å². The standard InChI is InChI=1S/C22H30N6O6/c1-11(2)19(22(33)34)28-21(32)16(8-17(24)29)27-18(30)10-26-20(31)14(23)7-12-9-25-15-6-4-3-5-13(12)15/h3-6,9,11,14,16,19,25H,7-8,10,23H2,1-2H3,(H2,24,29)(H,26,31)(H,27,30)(H,28,32)(H,33,34). The maximum atomic E-state index is 12.5. The van der Waals surface area contributed by atoms with Gasteiger partial charge in [0.1, 0.15) is 12.1 Å². The van der Waals surface area contributed by atoms with Gasteiger partial charge >= 0.3 is 5.97 Å². The molecule has 0 spiro atoms. The van der Waals surface area contributed by atoms with Crippen molar-refractivity contribution >= 4 is 40.5 Å². The zero-order valence-electron chi connectivity index (χ0n) is 19.0. The quantitative estimate of drug-likeness (QED) is 0.198. The van der Waals surface area contributed by atoms with Crippen LogP contribution in [0.15, 0.2) is 30.5 Å². The van der Waals surface area contributed by atoms with Gasteiger partial charge in [0.15, 0.2) is 0 Å². The molecule has 3 unspecified atom stereocenters. The first kappa shape index (κ1) is 26.3. The maximum Gasteiger partial charge on any atom is 0.326 e. The fraction of sp³-hybridized carbons (Fsp3) is 0.409. The zero-order chi connectivity index (χ0) is 25.4. The number of rotatable bonds is 12. The molecule has 34 heavy (non-hydrogen) atoms. The van der Waals surface area contributed by atoms with E-state index in [4.69, 9.17) is 11.5 Å². The first-order valence-electron chi connectivity index (χ1n) is 10.7. The summed E-state index contributed by atoms with van der Waals surface area (Å²) in [7, 11) is 0. The Kier molecular flexibility index (Phi) is 9.13. The second kappa shape index (κ2) is 11.8. The van der Waals surface area contributed by atoms with Gasteiger partial charge in [0.2, 0.25) is 23.6 Å². The Balaban J connectivity index is 1.92. The lowest BCUT2D eigenvalue weighted by Crippen LogP contribution is -2.55. The van der Waals surface area contributed by atoms with Gasteiger partial charge < -0.3 is 37.5 Å². The van der Waals surface area contributed by atoms with Crippen LogP contribution in [0.2, 0.25) is 0 Å². The fourth-order valence-electron chi connectivity index (χ4n) is 3.35. The van der Waals surface area contributed by atoms with Crippen LogP contribution in [0.5, 0.6) is 0 Å². The van der Waals surface area contributed by atoms with E-state index in [0.29, 0.717) is 0 Å². The molecule has 184 valence electrons. The fourth-order valence-corrected chi connectivity index (χ4v) is 3.35. The summed E-state index contributed by atoms with van der Waals surface area (Å²) in [6.45, 7) is 2.68. The number of hydrogen-bond acceptors (Lipinski definition) is 6. The minimum Gasteiger partial charge on any atom is -0.480 e. The molecule has 0 radical (unpaired) electrons. The van der Waals surface area contributed by atoms with Crippen molar-refractivity contribution in [1.82, 2.24) is 20.9 Å². The molecule has 0 aliphatic heterocycles. The van der Waals surface area contributed by atoms with Gasteiger partial charge in [-0.15, -0.1) is 0 Å². The van der Waals surface area contributed by atoms with Gasteiger partial charge in [-0.2, -0.15) is 0 Å². The third-order valence-corrected chi connectivity index (χ3v) is 5.16. The molecule has 1 heterocycles. The van der Waals surface area contributed by atoms with Crippen molar-refractivity contribution in [3.05, 3.63) is 36.0 Å². The van der Waals surface area contributed by atoms with Crippen molar-refractivity contribution in [1.29, 1.82) is 0 Å². The van der Waals surface area contributed by atoms with E-state index >= 15 is 0 Å². The number of para-hydroxylation sites is 1. The van der Waals surface area contributed by atoms with Gasteiger partial charge in [-0.3, -0.25) is 19.2 Å². The van der Waals surface area contributed by atoms with Gasteiger partial charge in [0.05, 0.1) is 19.0 Å². The molecule has 1 aromatic heterocycles. The number of aromatic nitrogens is 1. The average molecular weight is 475 g/mol. The SMILES string of the molecule is CC(C)C(NC(=O)C(CC(N)=O)NC(=O)CNC(=O)C(N)Cc1c[nH]c2ccccc12)C(=O)O. The number of nitrogens with two attached hydrogens (primary N) is 2. The van der Waals surface area contributed by atoms with Gasteiger partial charge in [0, 0.05) is 17.1 Å². The number of amides is 4. The topological polar surface area (TPSA) is 209 Å². The van der Waals surface area contributed by atoms with Crippen LogP contribution in [-0.4, -0.2) is 64.4 Å². The first-order chi connectivity index (χ1) is 16.0. The van der Waals surface area contributed by atoms with Crippen molar-refractivity contribution in [3.63, 3.8) is 0 Å². The average Bonchev–Trinajstić information content (AvgIpc) is 3.17. The van der Waals surface area contributed by atoms with Crippen LogP contribution in [0.1, 0.15) is 25.8 Å². The lowest BCUT2D eigenvalue weighted by Gasteiger charge is -2.22. The Hall–Kier alpha value is -3.93. The summed E-state index contributed by atoms with van der Waals surface area (Å²) in [5.41, 5.74) is 12.9. The number of aliphatic carboxylic acids is 1. The van der Waals surface area contributed by atoms with Crippen LogP contribution in [-0.2, 0) is 30.4 Å². The van der Waals surface area contributed by atoms with Crippen molar-refractivity contribution in [2.24, 2.45) is 17.4 Å². The zero-order valence-corrected chi connectivity index (χ0v) is 19.0. The van der Waals surface area contributed by atoms with Crippen molar-refractivity contribution in [2.45, 2.75) is 44.8 Å². The minimum absolute atomic E-state index is 0.232. The van der Waals surface area contributed by atoms with Gasteiger partial charge in [-0.25, -0.2) is 4.79 Å². The molecule has 0 aliphatic carbocycles. The summed E-state index contributed by atoms with van der Waals surface area (Å²) in [5, 5.41) is 17.1. The molecular weight excluding hydrogens is 444 g/mol.